The lowest BCUT2D eigenvalue weighted by molar-refractivity contribution is -0.143. The van der Waals surface area contributed by atoms with Crippen LogP contribution in [0.5, 0.6) is 0 Å². The fourth-order valence-electron chi connectivity index (χ4n) is 1.91. The van der Waals surface area contributed by atoms with Crippen molar-refractivity contribution in [2.24, 2.45) is 0 Å². The molecular weight excluding hydrogens is 322 g/mol. The van der Waals surface area contributed by atoms with Crippen LogP contribution in [0.25, 0.3) is 0 Å². The van der Waals surface area contributed by atoms with Crippen LogP contribution >= 0.6 is 11.3 Å². The van der Waals surface area contributed by atoms with Gasteiger partial charge in [-0.1, -0.05) is 0 Å². The molecule has 0 aliphatic carbocycles. The van der Waals surface area contributed by atoms with Crippen molar-refractivity contribution in [1.82, 2.24) is 15.6 Å². The Kier molecular flexibility index (Phi) is 5.69. The van der Waals surface area contributed by atoms with Crippen LogP contribution in [-0.4, -0.2) is 42.7 Å². The van der Waals surface area contributed by atoms with Crippen LogP contribution in [0.4, 0.5) is 4.79 Å². The molecule has 1 aromatic heterocycles. The fourth-order valence-corrected chi connectivity index (χ4v) is 2.52. The summed E-state index contributed by atoms with van der Waals surface area (Å²) in [6.07, 6.45) is 0.0402. The molecule has 8 nitrogen and oxygen atoms in total. The number of hydrogen-bond acceptors (Lipinski definition) is 7. The first-order valence-electron chi connectivity index (χ1n) is 7.00. The highest BCUT2D eigenvalue weighted by Crippen LogP contribution is 2.11. The number of esters is 2. The maximum absolute atomic E-state index is 11.8. The van der Waals surface area contributed by atoms with E-state index in [-0.39, 0.29) is 37.4 Å². The number of ether oxygens (including phenoxy) is 2. The quantitative estimate of drug-likeness (QED) is 0.738. The number of carbonyl (C=O) groups excluding carboxylic acids is 3. The van der Waals surface area contributed by atoms with Crippen molar-refractivity contribution in [1.29, 1.82) is 0 Å². The normalized spacial score (nSPS) is 14.1. The lowest BCUT2D eigenvalue weighted by Gasteiger charge is -2.21. The first kappa shape index (κ1) is 16.9. The minimum absolute atomic E-state index is 0.0306. The minimum Gasteiger partial charge on any atom is -0.463 e. The van der Waals surface area contributed by atoms with Crippen molar-refractivity contribution in [3.63, 3.8) is 0 Å². The molecule has 0 atom stereocenters. The van der Waals surface area contributed by atoms with E-state index in [9.17, 15) is 14.4 Å². The number of hydrogen-bond donors (Lipinski definition) is 2. The molecule has 0 saturated heterocycles. The van der Waals surface area contributed by atoms with E-state index in [1.54, 1.807) is 12.3 Å². The third-order valence-corrected chi connectivity index (χ3v) is 3.77. The molecule has 23 heavy (non-hydrogen) atoms. The molecule has 2 amide bonds. The maximum Gasteiger partial charge on any atom is 0.337 e. The summed E-state index contributed by atoms with van der Waals surface area (Å²) in [5.74, 6) is -1.04. The van der Waals surface area contributed by atoms with Crippen molar-refractivity contribution in [3.8, 4) is 0 Å². The topological polar surface area (TPSA) is 107 Å². The van der Waals surface area contributed by atoms with Crippen molar-refractivity contribution >= 4 is 29.3 Å². The van der Waals surface area contributed by atoms with Crippen LogP contribution in [-0.2, 0) is 25.5 Å². The molecule has 0 fully saturated rings. The minimum atomic E-state index is -0.554. The molecule has 1 aliphatic heterocycles. The van der Waals surface area contributed by atoms with Gasteiger partial charge in [-0.25, -0.2) is 14.6 Å². The van der Waals surface area contributed by atoms with Gasteiger partial charge in [0.2, 0.25) is 0 Å². The van der Waals surface area contributed by atoms with Gasteiger partial charge < -0.3 is 20.1 Å². The Bertz CT molecular complexity index is 653. The van der Waals surface area contributed by atoms with Gasteiger partial charge in [-0.15, -0.1) is 11.3 Å². The highest BCUT2D eigenvalue weighted by Gasteiger charge is 2.24. The average Bonchev–Trinajstić information content (AvgIpc) is 2.90. The van der Waals surface area contributed by atoms with Gasteiger partial charge in [0, 0.05) is 5.38 Å². The van der Waals surface area contributed by atoms with Crippen molar-refractivity contribution < 1.29 is 23.9 Å². The molecule has 0 radical (unpaired) electrons. The maximum atomic E-state index is 11.8. The summed E-state index contributed by atoms with van der Waals surface area (Å²) in [6.45, 7) is 3.57. The molecule has 2 N–H and O–H groups in total. The summed E-state index contributed by atoms with van der Waals surface area (Å²) in [7, 11) is 0. The number of amides is 2. The summed E-state index contributed by atoms with van der Waals surface area (Å²) in [5.41, 5.74) is 1.10. The van der Waals surface area contributed by atoms with Gasteiger partial charge in [0.05, 0.1) is 41.5 Å². The van der Waals surface area contributed by atoms with E-state index in [1.807, 2.05) is 6.92 Å². The molecule has 1 aliphatic rings. The van der Waals surface area contributed by atoms with E-state index in [0.29, 0.717) is 5.69 Å². The number of nitrogens with zero attached hydrogens (tertiary/aromatic N) is 1. The molecule has 2 heterocycles. The Balaban J connectivity index is 1.98. The summed E-state index contributed by atoms with van der Waals surface area (Å²) >= 11 is 1.45. The highest BCUT2D eigenvalue weighted by molar-refractivity contribution is 7.09. The van der Waals surface area contributed by atoms with Crippen LogP contribution in [0, 0.1) is 6.92 Å². The lowest BCUT2D eigenvalue weighted by Crippen LogP contribution is -2.45. The Morgan fingerprint density at radius 2 is 2.17 bits per heavy atom. The molecule has 0 bridgehead atoms. The van der Waals surface area contributed by atoms with Crippen molar-refractivity contribution in [3.05, 3.63) is 27.4 Å². The Hall–Kier alpha value is -2.42. The lowest BCUT2D eigenvalue weighted by atomic mass is 10.1. The van der Waals surface area contributed by atoms with Crippen LogP contribution in [0.1, 0.15) is 17.6 Å². The molecule has 0 saturated carbocycles. The Morgan fingerprint density at radius 3 is 2.83 bits per heavy atom. The SMILES string of the molecule is CCOC(=O)C1=C(COC(=O)Cc2csc(C)n2)NC(=O)NC1. The highest BCUT2D eigenvalue weighted by atomic mass is 32.1. The zero-order chi connectivity index (χ0) is 16.8. The summed E-state index contributed by atoms with van der Waals surface area (Å²) in [6, 6.07) is -0.459. The van der Waals surface area contributed by atoms with Gasteiger partial charge in [-0.3, -0.25) is 4.79 Å². The van der Waals surface area contributed by atoms with Crippen molar-refractivity contribution in [2.75, 3.05) is 19.8 Å². The number of thiazole rings is 1. The molecule has 0 aromatic carbocycles. The van der Waals surface area contributed by atoms with Gasteiger partial charge in [0.1, 0.15) is 6.61 Å². The zero-order valence-corrected chi connectivity index (χ0v) is 13.6. The second-order valence-corrected chi connectivity index (χ2v) is 5.74. The summed E-state index contributed by atoms with van der Waals surface area (Å²) in [5, 5.41) is 7.59. The van der Waals surface area contributed by atoms with Crippen molar-refractivity contribution in [2.45, 2.75) is 20.3 Å². The number of aryl methyl sites for hydroxylation is 1. The molecular formula is C14H17N3O5S. The fraction of sp³-hybridized carbons (Fsp3) is 0.429. The Morgan fingerprint density at radius 1 is 1.39 bits per heavy atom. The zero-order valence-electron chi connectivity index (χ0n) is 12.8. The average molecular weight is 339 g/mol. The summed E-state index contributed by atoms with van der Waals surface area (Å²) < 4.78 is 10.0. The number of nitrogens with one attached hydrogen (secondary N) is 2. The largest absolute Gasteiger partial charge is 0.463 e. The van der Waals surface area contributed by atoms with Gasteiger partial charge in [0.15, 0.2) is 0 Å². The van der Waals surface area contributed by atoms with E-state index in [1.165, 1.54) is 11.3 Å². The predicted molar refractivity (Wildman–Crippen MR) is 81.7 cm³/mol. The third-order valence-electron chi connectivity index (χ3n) is 2.95. The Labute approximate surface area is 136 Å². The molecule has 9 heteroatoms. The number of carbonyl (C=O) groups is 3. The van der Waals surface area contributed by atoms with Crippen LogP contribution in [0.3, 0.4) is 0 Å². The summed E-state index contributed by atoms with van der Waals surface area (Å²) in [4.78, 5) is 39.2. The number of aromatic nitrogens is 1. The molecule has 124 valence electrons. The van der Waals surface area contributed by atoms with E-state index < -0.39 is 18.0 Å². The predicted octanol–water partition coefficient (Wildman–Crippen LogP) is 0.667. The monoisotopic (exact) mass is 339 g/mol. The first-order chi connectivity index (χ1) is 11.0. The number of urea groups is 1. The molecule has 0 unspecified atom stereocenters. The standard InChI is InChI=1S/C14H17N3O5S/c1-3-21-13(19)10-5-15-14(20)17-11(10)6-22-12(18)4-9-7-23-8(2)16-9/h7H,3-6H2,1-2H3,(H2,15,17,20). The van der Waals surface area contributed by atoms with Crippen LogP contribution in [0.2, 0.25) is 0 Å². The molecule has 0 spiro atoms. The van der Waals surface area contributed by atoms with Gasteiger partial charge in [-0.2, -0.15) is 0 Å². The molecule has 1 aromatic rings. The molecule has 2 rings (SSSR count). The second kappa shape index (κ2) is 7.73. The second-order valence-electron chi connectivity index (χ2n) is 4.68. The third kappa shape index (κ3) is 4.78. The van der Waals surface area contributed by atoms with E-state index in [4.69, 9.17) is 9.47 Å². The van der Waals surface area contributed by atoms with E-state index >= 15 is 0 Å². The van der Waals surface area contributed by atoms with Crippen LogP contribution < -0.4 is 10.6 Å². The number of rotatable bonds is 6. The van der Waals surface area contributed by atoms with Crippen LogP contribution in [0.15, 0.2) is 16.7 Å². The smallest absolute Gasteiger partial charge is 0.337 e. The van der Waals surface area contributed by atoms with E-state index in [2.05, 4.69) is 15.6 Å². The van der Waals surface area contributed by atoms with E-state index in [0.717, 1.165) is 5.01 Å². The van der Waals surface area contributed by atoms with Gasteiger partial charge in [-0.05, 0) is 13.8 Å². The first-order valence-corrected chi connectivity index (χ1v) is 7.88. The van der Waals surface area contributed by atoms with Gasteiger partial charge in [0.25, 0.3) is 0 Å². The van der Waals surface area contributed by atoms with Gasteiger partial charge >= 0.3 is 18.0 Å².